The minimum absolute atomic E-state index is 0.574. The molecule has 2 atom stereocenters. The number of rotatable bonds is 0. The summed E-state index contributed by atoms with van der Waals surface area (Å²) in [6.07, 6.45) is 0. The van der Waals surface area contributed by atoms with Crippen LogP contribution in [0.2, 0.25) is 0 Å². The van der Waals surface area contributed by atoms with Crippen molar-refractivity contribution in [2.45, 2.75) is 30.0 Å². The van der Waals surface area contributed by atoms with Crippen LogP contribution >= 0.6 is 11.8 Å². The fourth-order valence-corrected chi connectivity index (χ4v) is 2.44. The van der Waals surface area contributed by atoms with E-state index in [0.29, 0.717) is 11.3 Å². The average molecular weight is 179 g/mol. The van der Waals surface area contributed by atoms with Crippen molar-refractivity contribution in [3.63, 3.8) is 0 Å². The van der Waals surface area contributed by atoms with Crippen LogP contribution in [0.1, 0.15) is 13.8 Å². The molecule has 64 valence electrons. The first kappa shape index (κ1) is 7.99. The molecule has 0 amide bonds. The van der Waals surface area contributed by atoms with Crippen LogP contribution in [0.25, 0.3) is 0 Å². The van der Waals surface area contributed by atoms with Gasteiger partial charge >= 0.3 is 0 Å². The highest BCUT2D eigenvalue weighted by Crippen LogP contribution is 2.36. The predicted octanol–water partition coefficient (Wildman–Crippen LogP) is 2.98. The van der Waals surface area contributed by atoms with E-state index in [-0.39, 0.29) is 0 Å². The van der Waals surface area contributed by atoms with Crippen LogP contribution in [0.5, 0.6) is 0 Å². The molecule has 1 aliphatic rings. The van der Waals surface area contributed by atoms with Gasteiger partial charge in [0.15, 0.2) is 0 Å². The van der Waals surface area contributed by atoms with Crippen LogP contribution in [0.4, 0.5) is 5.69 Å². The van der Waals surface area contributed by atoms with E-state index >= 15 is 0 Å². The molecule has 1 aromatic rings. The maximum atomic E-state index is 3.49. The molecule has 0 aromatic heterocycles. The van der Waals surface area contributed by atoms with Gasteiger partial charge in [-0.25, -0.2) is 0 Å². The lowest BCUT2D eigenvalue weighted by atomic mass is 10.2. The van der Waals surface area contributed by atoms with Crippen LogP contribution in [0.15, 0.2) is 29.2 Å². The van der Waals surface area contributed by atoms with E-state index in [9.17, 15) is 0 Å². The molecule has 12 heavy (non-hydrogen) atoms. The van der Waals surface area contributed by atoms with Gasteiger partial charge in [-0.2, -0.15) is 0 Å². The molecule has 0 radical (unpaired) electrons. The zero-order valence-corrected chi connectivity index (χ0v) is 8.19. The van der Waals surface area contributed by atoms with E-state index in [2.05, 4.69) is 43.4 Å². The third-order valence-electron chi connectivity index (χ3n) is 2.29. The molecular weight excluding hydrogens is 166 g/mol. The first-order valence-corrected chi connectivity index (χ1v) is 5.17. The third-order valence-corrected chi connectivity index (χ3v) is 3.68. The number of thioether (sulfide) groups is 1. The second kappa shape index (κ2) is 3.02. The Balaban J connectivity index is 2.34. The van der Waals surface area contributed by atoms with Crippen molar-refractivity contribution in [1.29, 1.82) is 0 Å². The van der Waals surface area contributed by atoms with Crippen LogP contribution < -0.4 is 5.32 Å². The molecule has 1 nitrogen and oxygen atoms in total. The molecule has 0 bridgehead atoms. The largest absolute Gasteiger partial charge is 0.381 e. The molecule has 0 fully saturated rings. The second-order valence-corrected chi connectivity index (χ2v) is 4.67. The van der Waals surface area contributed by atoms with Crippen molar-refractivity contribution in [3.05, 3.63) is 24.3 Å². The fourth-order valence-electron chi connectivity index (χ4n) is 1.35. The molecule has 1 heterocycles. The zero-order chi connectivity index (χ0) is 8.55. The fraction of sp³-hybridized carbons (Fsp3) is 0.400. The number of benzene rings is 1. The highest BCUT2D eigenvalue weighted by atomic mass is 32.2. The second-order valence-electron chi connectivity index (χ2n) is 3.25. The lowest BCUT2D eigenvalue weighted by molar-refractivity contribution is 0.767. The molecule has 0 saturated carbocycles. The molecule has 2 rings (SSSR count). The van der Waals surface area contributed by atoms with E-state index in [4.69, 9.17) is 0 Å². The van der Waals surface area contributed by atoms with Gasteiger partial charge in [0.25, 0.3) is 0 Å². The molecule has 1 aliphatic heterocycles. The predicted molar refractivity (Wildman–Crippen MR) is 54.8 cm³/mol. The van der Waals surface area contributed by atoms with Gasteiger partial charge in [0.05, 0.1) is 0 Å². The Bertz CT molecular complexity index is 256. The summed E-state index contributed by atoms with van der Waals surface area (Å²) in [4.78, 5) is 1.38. The average Bonchev–Trinajstić information content (AvgIpc) is 2.07. The summed E-state index contributed by atoms with van der Waals surface area (Å²) in [5.41, 5.74) is 1.29. The Morgan fingerprint density at radius 3 is 2.83 bits per heavy atom. The molecule has 1 N–H and O–H groups in total. The van der Waals surface area contributed by atoms with E-state index < -0.39 is 0 Å². The standard InChI is InChI=1S/C10H13NS/c1-7-8(2)12-10-6-4-3-5-9(10)11-7/h3-8,11H,1-2H3/t7-,8-/m1/s1. The summed E-state index contributed by atoms with van der Waals surface area (Å²) in [6.45, 7) is 4.49. The maximum Gasteiger partial charge on any atom is 0.0480 e. The number of fused-ring (bicyclic) bond motifs is 1. The number of para-hydroxylation sites is 1. The topological polar surface area (TPSA) is 12.0 Å². The molecule has 0 aliphatic carbocycles. The molecule has 2 heteroatoms. The van der Waals surface area contributed by atoms with Gasteiger partial charge in [-0.05, 0) is 19.1 Å². The van der Waals surface area contributed by atoms with Crippen molar-refractivity contribution in [1.82, 2.24) is 0 Å². The van der Waals surface area contributed by atoms with Crippen molar-refractivity contribution in [2.75, 3.05) is 5.32 Å². The summed E-state index contributed by atoms with van der Waals surface area (Å²) >= 11 is 1.96. The van der Waals surface area contributed by atoms with Gasteiger partial charge in [-0.1, -0.05) is 19.1 Å². The Hall–Kier alpha value is -0.630. The molecule has 1 aromatic carbocycles. The smallest absolute Gasteiger partial charge is 0.0480 e. The summed E-state index contributed by atoms with van der Waals surface area (Å²) in [5, 5.41) is 4.16. The summed E-state index contributed by atoms with van der Waals surface area (Å²) in [5.74, 6) is 0. The van der Waals surface area contributed by atoms with Gasteiger partial charge in [0.1, 0.15) is 0 Å². The van der Waals surface area contributed by atoms with Gasteiger partial charge in [-0.3, -0.25) is 0 Å². The van der Waals surface area contributed by atoms with Crippen LogP contribution in [0.3, 0.4) is 0 Å². The van der Waals surface area contributed by atoms with E-state index in [1.165, 1.54) is 10.6 Å². The number of hydrogen-bond acceptors (Lipinski definition) is 2. The first-order chi connectivity index (χ1) is 5.77. The SMILES string of the molecule is C[C@H]1Nc2ccccc2S[C@@H]1C. The highest BCUT2D eigenvalue weighted by molar-refractivity contribution is 8.00. The van der Waals surface area contributed by atoms with Crippen molar-refractivity contribution in [3.8, 4) is 0 Å². The van der Waals surface area contributed by atoms with E-state index in [0.717, 1.165) is 0 Å². The quantitative estimate of drug-likeness (QED) is 0.657. The van der Waals surface area contributed by atoms with Gasteiger partial charge < -0.3 is 5.32 Å². The Morgan fingerprint density at radius 1 is 1.25 bits per heavy atom. The lowest BCUT2D eigenvalue weighted by Gasteiger charge is -2.29. The Kier molecular flexibility index (Phi) is 2.01. The highest BCUT2D eigenvalue weighted by Gasteiger charge is 2.20. The van der Waals surface area contributed by atoms with E-state index in [1.54, 1.807) is 0 Å². The zero-order valence-electron chi connectivity index (χ0n) is 7.37. The Labute approximate surface area is 77.6 Å². The van der Waals surface area contributed by atoms with Crippen molar-refractivity contribution in [2.24, 2.45) is 0 Å². The molecule has 0 saturated heterocycles. The van der Waals surface area contributed by atoms with Crippen LogP contribution in [-0.4, -0.2) is 11.3 Å². The minimum atomic E-state index is 0.574. The summed E-state index contributed by atoms with van der Waals surface area (Å²) < 4.78 is 0. The monoisotopic (exact) mass is 179 g/mol. The minimum Gasteiger partial charge on any atom is -0.381 e. The lowest BCUT2D eigenvalue weighted by Crippen LogP contribution is -2.29. The van der Waals surface area contributed by atoms with Crippen LogP contribution in [0, 0.1) is 0 Å². The van der Waals surface area contributed by atoms with Gasteiger partial charge in [0.2, 0.25) is 0 Å². The summed E-state index contributed by atoms with van der Waals surface area (Å²) in [6, 6.07) is 9.07. The first-order valence-electron chi connectivity index (χ1n) is 4.29. The maximum absolute atomic E-state index is 3.49. The van der Waals surface area contributed by atoms with E-state index in [1.807, 2.05) is 11.8 Å². The normalized spacial score (nSPS) is 27.5. The summed E-state index contributed by atoms with van der Waals surface area (Å²) in [7, 11) is 0. The van der Waals surface area contributed by atoms with Crippen LogP contribution in [-0.2, 0) is 0 Å². The number of anilines is 1. The Morgan fingerprint density at radius 2 is 2.00 bits per heavy atom. The molecule has 0 spiro atoms. The van der Waals surface area contributed by atoms with Crippen molar-refractivity contribution < 1.29 is 0 Å². The van der Waals surface area contributed by atoms with Gasteiger partial charge in [-0.15, -0.1) is 11.8 Å². The molecular formula is C10H13NS. The van der Waals surface area contributed by atoms with Gasteiger partial charge in [0, 0.05) is 21.9 Å². The van der Waals surface area contributed by atoms with Crippen molar-refractivity contribution >= 4 is 17.4 Å². The third kappa shape index (κ3) is 1.31. The number of hydrogen-bond donors (Lipinski definition) is 1. The molecule has 0 unspecified atom stereocenters. The number of nitrogens with one attached hydrogen (secondary N) is 1.